The smallest absolute Gasteiger partial charge is 0.244 e. The molecular weight excluding hydrogens is 411 g/mol. The van der Waals surface area contributed by atoms with Crippen molar-refractivity contribution in [2.75, 3.05) is 32.1 Å². The zero-order chi connectivity index (χ0) is 19.8. The lowest BCUT2D eigenvalue weighted by Crippen LogP contribution is -2.31. The van der Waals surface area contributed by atoms with E-state index in [-0.39, 0.29) is 22.6 Å². The molecule has 1 aromatic heterocycles. The maximum absolute atomic E-state index is 12.9. The van der Waals surface area contributed by atoms with Crippen molar-refractivity contribution in [3.63, 3.8) is 0 Å². The number of benzene rings is 1. The van der Waals surface area contributed by atoms with Crippen LogP contribution >= 0.6 is 23.2 Å². The Labute approximate surface area is 168 Å². The van der Waals surface area contributed by atoms with E-state index in [1.165, 1.54) is 16.4 Å². The number of sulfonamides is 1. The van der Waals surface area contributed by atoms with Crippen molar-refractivity contribution in [2.45, 2.75) is 24.3 Å². The number of aryl methyl sites for hydroxylation is 1. The van der Waals surface area contributed by atoms with Gasteiger partial charge in [-0.25, -0.2) is 8.42 Å². The quantitative estimate of drug-likeness (QED) is 0.725. The van der Waals surface area contributed by atoms with Crippen molar-refractivity contribution < 1.29 is 13.2 Å². The van der Waals surface area contributed by atoms with Crippen LogP contribution in [0.1, 0.15) is 12.0 Å². The Bertz CT molecular complexity index is 936. The fourth-order valence-electron chi connectivity index (χ4n) is 2.76. The van der Waals surface area contributed by atoms with E-state index in [1.807, 2.05) is 19.0 Å². The lowest BCUT2D eigenvalue weighted by molar-refractivity contribution is 0.204. The SMILES string of the molecule is Cc1cc(S(=O)(=O)N2CCC(Oc3ccc(N(C)C)nn3)C2)c(Cl)cc1Cl. The molecule has 146 valence electrons. The van der Waals surface area contributed by atoms with Crippen molar-refractivity contribution in [3.05, 3.63) is 39.9 Å². The number of nitrogens with zero attached hydrogens (tertiary/aromatic N) is 4. The minimum atomic E-state index is -3.73. The third kappa shape index (κ3) is 4.29. The highest BCUT2D eigenvalue weighted by Gasteiger charge is 2.35. The van der Waals surface area contributed by atoms with Crippen molar-refractivity contribution >= 4 is 39.0 Å². The minimum absolute atomic E-state index is 0.0573. The van der Waals surface area contributed by atoms with Crippen LogP contribution in [0.5, 0.6) is 5.88 Å². The summed E-state index contributed by atoms with van der Waals surface area (Å²) in [6.07, 6.45) is 0.257. The van der Waals surface area contributed by atoms with Crippen molar-refractivity contribution in [3.8, 4) is 5.88 Å². The van der Waals surface area contributed by atoms with Crippen LogP contribution in [0.25, 0.3) is 0 Å². The molecule has 0 N–H and O–H groups in total. The van der Waals surface area contributed by atoms with Gasteiger partial charge in [-0.15, -0.1) is 10.2 Å². The van der Waals surface area contributed by atoms with Crippen LogP contribution in [-0.4, -0.2) is 56.2 Å². The molecule has 1 saturated heterocycles. The Morgan fingerprint density at radius 1 is 1.19 bits per heavy atom. The predicted octanol–water partition coefficient (Wildman–Crippen LogP) is 3.00. The number of hydrogen-bond donors (Lipinski definition) is 0. The van der Waals surface area contributed by atoms with Gasteiger partial charge in [0, 0.05) is 31.7 Å². The van der Waals surface area contributed by atoms with Gasteiger partial charge in [0.25, 0.3) is 0 Å². The lowest BCUT2D eigenvalue weighted by Gasteiger charge is -2.18. The first-order chi connectivity index (χ1) is 12.7. The second kappa shape index (κ2) is 7.79. The molecule has 0 bridgehead atoms. The van der Waals surface area contributed by atoms with E-state index in [0.29, 0.717) is 35.2 Å². The molecule has 2 aromatic rings. The molecule has 0 spiro atoms. The topological polar surface area (TPSA) is 75.6 Å². The highest BCUT2D eigenvalue weighted by Crippen LogP contribution is 2.32. The number of hydrogen-bond acceptors (Lipinski definition) is 6. The van der Waals surface area contributed by atoms with Gasteiger partial charge in [0.1, 0.15) is 11.0 Å². The summed E-state index contributed by atoms with van der Waals surface area (Å²) in [7, 11) is 0.00607. The van der Waals surface area contributed by atoms with Gasteiger partial charge in [0.15, 0.2) is 5.82 Å². The monoisotopic (exact) mass is 430 g/mol. The summed E-state index contributed by atoms with van der Waals surface area (Å²) in [6, 6.07) is 6.47. The second-order valence-electron chi connectivity index (χ2n) is 6.55. The lowest BCUT2D eigenvalue weighted by atomic mass is 10.2. The Hall–Kier alpha value is -1.61. The summed E-state index contributed by atoms with van der Waals surface area (Å²) in [6.45, 7) is 2.30. The predicted molar refractivity (Wildman–Crippen MR) is 105 cm³/mol. The molecule has 0 radical (unpaired) electrons. The minimum Gasteiger partial charge on any atom is -0.472 e. The van der Waals surface area contributed by atoms with Gasteiger partial charge in [0.05, 0.1) is 11.6 Å². The summed E-state index contributed by atoms with van der Waals surface area (Å²) < 4.78 is 33.1. The normalized spacial score (nSPS) is 17.9. The Kier molecular flexibility index (Phi) is 5.81. The van der Waals surface area contributed by atoms with Gasteiger partial charge in [-0.3, -0.25) is 0 Å². The van der Waals surface area contributed by atoms with Gasteiger partial charge >= 0.3 is 0 Å². The second-order valence-corrected chi connectivity index (χ2v) is 9.27. The van der Waals surface area contributed by atoms with Gasteiger partial charge < -0.3 is 9.64 Å². The molecule has 1 atom stereocenters. The van der Waals surface area contributed by atoms with Crippen LogP contribution in [-0.2, 0) is 10.0 Å². The fraction of sp³-hybridized carbons (Fsp3) is 0.412. The number of aromatic nitrogens is 2. The number of halogens is 2. The maximum atomic E-state index is 12.9. The summed E-state index contributed by atoms with van der Waals surface area (Å²) in [5.74, 6) is 1.08. The van der Waals surface area contributed by atoms with E-state index in [2.05, 4.69) is 10.2 Å². The van der Waals surface area contributed by atoms with Crippen LogP contribution in [0.3, 0.4) is 0 Å². The van der Waals surface area contributed by atoms with Crippen LogP contribution in [0.2, 0.25) is 10.0 Å². The van der Waals surface area contributed by atoms with E-state index in [4.69, 9.17) is 27.9 Å². The first-order valence-electron chi connectivity index (χ1n) is 8.32. The molecule has 1 aliphatic heterocycles. The molecule has 1 fully saturated rings. The van der Waals surface area contributed by atoms with E-state index < -0.39 is 10.0 Å². The zero-order valence-electron chi connectivity index (χ0n) is 15.2. The van der Waals surface area contributed by atoms with Crippen LogP contribution in [0, 0.1) is 6.92 Å². The highest BCUT2D eigenvalue weighted by molar-refractivity contribution is 7.89. The van der Waals surface area contributed by atoms with E-state index in [9.17, 15) is 8.42 Å². The molecule has 0 aliphatic carbocycles. The molecule has 1 aliphatic rings. The summed E-state index contributed by atoms with van der Waals surface area (Å²) in [4.78, 5) is 1.89. The summed E-state index contributed by atoms with van der Waals surface area (Å²) >= 11 is 12.1. The Morgan fingerprint density at radius 2 is 1.93 bits per heavy atom. The van der Waals surface area contributed by atoms with Crippen LogP contribution in [0.15, 0.2) is 29.2 Å². The van der Waals surface area contributed by atoms with Crippen LogP contribution in [0.4, 0.5) is 5.82 Å². The number of anilines is 1. The largest absolute Gasteiger partial charge is 0.472 e. The van der Waals surface area contributed by atoms with Gasteiger partial charge in [-0.1, -0.05) is 23.2 Å². The number of ether oxygens (including phenoxy) is 1. The molecule has 7 nitrogen and oxygen atoms in total. The zero-order valence-corrected chi connectivity index (χ0v) is 17.5. The van der Waals surface area contributed by atoms with Gasteiger partial charge in [-0.05, 0) is 37.1 Å². The number of rotatable bonds is 5. The maximum Gasteiger partial charge on any atom is 0.244 e. The molecule has 1 unspecified atom stereocenters. The van der Waals surface area contributed by atoms with E-state index in [1.54, 1.807) is 19.1 Å². The third-order valence-corrected chi connectivity index (χ3v) is 7.05. The molecule has 0 saturated carbocycles. The van der Waals surface area contributed by atoms with E-state index >= 15 is 0 Å². The van der Waals surface area contributed by atoms with Gasteiger partial charge in [0.2, 0.25) is 15.9 Å². The summed E-state index contributed by atoms with van der Waals surface area (Å²) in [5, 5.41) is 8.62. The standard InChI is InChI=1S/C17H20Cl2N4O3S/c1-11-8-15(14(19)9-13(11)18)27(24,25)23-7-6-12(10-23)26-17-5-4-16(20-21-17)22(2)3/h4-5,8-9,12H,6-7,10H2,1-3H3. The average molecular weight is 431 g/mol. The van der Waals surface area contributed by atoms with E-state index in [0.717, 1.165) is 0 Å². The van der Waals surface area contributed by atoms with Crippen molar-refractivity contribution in [2.24, 2.45) is 0 Å². The molecule has 27 heavy (non-hydrogen) atoms. The molecule has 1 aromatic carbocycles. The first kappa shape index (κ1) is 20.1. The Morgan fingerprint density at radius 3 is 2.56 bits per heavy atom. The third-order valence-electron chi connectivity index (χ3n) is 4.31. The Balaban J connectivity index is 1.72. The first-order valence-corrected chi connectivity index (χ1v) is 10.5. The molecule has 3 rings (SSSR count). The molecule has 2 heterocycles. The van der Waals surface area contributed by atoms with Crippen molar-refractivity contribution in [1.82, 2.24) is 14.5 Å². The fourth-order valence-corrected chi connectivity index (χ4v) is 5.06. The highest BCUT2D eigenvalue weighted by atomic mass is 35.5. The summed E-state index contributed by atoms with van der Waals surface area (Å²) in [5.41, 5.74) is 0.655. The van der Waals surface area contributed by atoms with Crippen molar-refractivity contribution in [1.29, 1.82) is 0 Å². The molecule has 10 heteroatoms. The average Bonchev–Trinajstić information content (AvgIpc) is 3.08. The van der Waals surface area contributed by atoms with Crippen LogP contribution < -0.4 is 9.64 Å². The van der Waals surface area contributed by atoms with Gasteiger partial charge in [-0.2, -0.15) is 4.31 Å². The molecule has 0 amide bonds. The molecular formula is C17H20Cl2N4O3S.